The number of halogens is 4. The molecule has 0 saturated carbocycles. The SMILES string of the molecule is O=C(CBr)c1cc(F)cc(F)c1F. The molecule has 0 unspecified atom stereocenters. The van der Waals surface area contributed by atoms with E-state index in [9.17, 15) is 18.0 Å². The Morgan fingerprint density at radius 3 is 2.46 bits per heavy atom. The van der Waals surface area contributed by atoms with Crippen LogP contribution in [0.4, 0.5) is 13.2 Å². The third-order valence-electron chi connectivity index (χ3n) is 1.41. The lowest BCUT2D eigenvalue weighted by Crippen LogP contribution is -2.06. The van der Waals surface area contributed by atoms with Crippen LogP contribution < -0.4 is 0 Å². The Kier molecular flexibility index (Phi) is 3.08. The number of hydrogen-bond acceptors (Lipinski definition) is 1. The zero-order valence-corrected chi connectivity index (χ0v) is 7.87. The maximum Gasteiger partial charge on any atom is 0.176 e. The molecule has 0 radical (unpaired) electrons. The average molecular weight is 253 g/mol. The number of carbonyl (C=O) groups excluding carboxylic acids is 1. The standard InChI is InChI=1S/C8H4BrF3O/c9-3-7(13)5-1-4(10)2-6(11)8(5)12/h1-2H,3H2. The molecule has 0 aliphatic carbocycles. The lowest BCUT2D eigenvalue weighted by Gasteiger charge is -2.00. The third kappa shape index (κ3) is 2.09. The van der Waals surface area contributed by atoms with Crippen molar-refractivity contribution in [2.75, 3.05) is 5.33 Å². The lowest BCUT2D eigenvalue weighted by molar-refractivity contribution is 0.101. The van der Waals surface area contributed by atoms with Crippen molar-refractivity contribution in [1.29, 1.82) is 0 Å². The Hall–Kier alpha value is -0.840. The number of alkyl halides is 1. The van der Waals surface area contributed by atoms with Crippen molar-refractivity contribution in [2.24, 2.45) is 0 Å². The summed E-state index contributed by atoms with van der Waals surface area (Å²) in [5, 5.41) is -0.174. The van der Waals surface area contributed by atoms with Crippen molar-refractivity contribution in [2.45, 2.75) is 0 Å². The van der Waals surface area contributed by atoms with Gasteiger partial charge in [0, 0.05) is 6.07 Å². The Bertz CT molecular complexity index is 351. The molecule has 0 saturated heterocycles. The fourth-order valence-electron chi connectivity index (χ4n) is 0.831. The van der Waals surface area contributed by atoms with Crippen LogP contribution in [0, 0.1) is 17.5 Å². The van der Waals surface area contributed by atoms with Crippen molar-refractivity contribution in [3.05, 3.63) is 35.1 Å². The number of rotatable bonds is 2. The largest absolute Gasteiger partial charge is 0.293 e. The highest BCUT2D eigenvalue weighted by atomic mass is 79.9. The van der Waals surface area contributed by atoms with Crippen LogP contribution in [0.3, 0.4) is 0 Å². The molecule has 70 valence electrons. The maximum absolute atomic E-state index is 12.8. The van der Waals surface area contributed by atoms with E-state index < -0.39 is 28.8 Å². The Morgan fingerprint density at radius 1 is 1.31 bits per heavy atom. The number of benzene rings is 1. The molecule has 1 aromatic rings. The molecule has 5 heteroatoms. The topological polar surface area (TPSA) is 17.1 Å². The van der Waals surface area contributed by atoms with Gasteiger partial charge in [-0.3, -0.25) is 4.79 Å². The summed E-state index contributed by atoms with van der Waals surface area (Å²) in [5.41, 5.74) is -0.575. The van der Waals surface area contributed by atoms with Crippen molar-refractivity contribution in [3.8, 4) is 0 Å². The summed E-state index contributed by atoms with van der Waals surface area (Å²) in [6, 6.07) is 1.06. The highest BCUT2D eigenvalue weighted by Gasteiger charge is 2.16. The first-order valence-electron chi connectivity index (χ1n) is 3.30. The van der Waals surface area contributed by atoms with E-state index in [0.717, 1.165) is 0 Å². The molecule has 0 amide bonds. The van der Waals surface area contributed by atoms with Gasteiger partial charge < -0.3 is 0 Å². The Labute approximate surface area is 80.7 Å². The molecule has 0 fully saturated rings. The van der Waals surface area contributed by atoms with Crippen molar-refractivity contribution in [1.82, 2.24) is 0 Å². The monoisotopic (exact) mass is 252 g/mol. The van der Waals surface area contributed by atoms with E-state index in [0.29, 0.717) is 12.1 Å². The average Bonchev–Trinajstić information content (AvgIpc) is 2.10. The van der Waals surface area contributed by atoms with E-state index in [1.54, 1.807) is 0 Å². The number of carbonyl (C=O) groups is 1. The summed E-state index contributed by atoms with van der Waals surface area (Å²) >= 11 is 2.77. The second kappa shape index (κ2) is 3.91. The first-order chi connectivity index (χ1) is 6.06. The van der Waals surface area contributed by atoms with Gasteiger partial charge in [-0.1, -0.05) is 15.9 Å². The molecular weight excluding hydrogens is 249 g/mol. The highest BCUT2D eigenvalue weighted by molar-refractivity contribution is 9.09. The van der Waals surface area contributed by atoms with Crippen LogP contribution in [0.2, 0.25) is 0 Å². The zero-order chi connectivity index (χ0) is 10.0. The van der Waals surface area contributed by atoms with Crippen LogP contribution in [-0.2, 0) is 0 Å². The molecule has 1 aromatic carbocycles. The van der Waals surface area contributed by atoms with Gasteiger partial charge in [0.25, 0.3) is 0 Å². The number of Topliss-reactive ketones (excluding diaryl/α,β-unsaturated/α-hetero) is 1. The second-order valence-electron chi connectivity index (χ2n) is 2.31. The van der Waals surface area contributed by atoms with E-state index in [4.69, 9.17) is 0 Å². The smallest absolute Gasteiger partial charge is 0.176 e. The van der Waals surface area contributed by atoms with Gasteiger partial charge >= 0.3 is 0 Å². The molecule has 0 aromatic heterocycles. The van der Waals surface area contributed by atoms with Crippen LogP contribution >= 0.6 is 15.9 Å². The zero-order valence-electron chi connectivity index (χ0n) is 6.28. The first kappa shape index (κ1) is 10.2. The van der Waals surface area contributed by atoms with Crippen molar-refractivity contribution < 1.29 is 18.0 Å². The molecule has 0 N–H and O–H groups in total. The molecule has 0 spiro atoms. The normalized spacial score (nSPS) is 10.2. The van der Waals surface area contributed by atoms with Gasteiger partial charge in [-0.2, -0.15) is 0 Å². The van der Waals surface area contributed by atoms with E-state index in [1.807, 2.05) is 0 Å². The van der Waals surface area contributed by atoms with Gasteiger partial charge in [0.1, 0.15) is 5.82 Å². The molecule has 0 heterocycles. The quantitative estimate of drug-likeness (QED) is 0.450. The summed E-state index contributed by atoms with van der Waals surface area (Å²) in [6.07, 6.45) is 0. The molecule has 1 nitrogen and oxygen atoms in total. The third-order valence-corrected chi connectivity index (χ3v) is 1.92. The first-order valence-corrected chi connectivity index (χ1v) is 4.42. The lowest BCUT2D eigenvalue weighted by atomic mass is 10.1. The molecule has 0 aliphatic rings. The van der Waals surface area contributed by atoms with Crippen LogP contribution in [0.15, 0.2) is 12.1 Å². The second-order valence-corrected chi connectivity index (χ2v) is 2.87. The van der Waals surface area contributed by atoms with Gasteiger partial charge in [0.15, 0.2) is 17.4 Å². The molecule has 0 aliphatic heterocycles. The predicted octanol–water partition coefficient (Wildman–Crippen LogP) is 2.68. The van der Waals surface area contributed by atoms with E-state index in [2.05, 4.69) is 15.9 Å². The molecule has 0 atom stereocenters. The summed E-state index contributed by atoms with van der Waals surface area (Å²) in [4.78, 5) is 10.9. The number of hydrogen-bond donors (Lipinski definition) is 0. The number of ketones is 1. The van der Waals surface area contributed by atoms with E-state index >= 15 is 0 Å². The Balaban J connectivity index is 3.28. The van der Waals surface area contributed by atoms with E-state index in [1.165, 1.54) is 0 Å². The van der Waals surface area contributed by atoms with E-state index in [-0.39, 0.29) is 5.33 Å². The van der Waals surface area contributed by atoms with Gasteiger partial charge in [-0.15, -0.1) is 0 Å². The minimum Gasteiger partial charge on any atom is -0.293 e. The minimum absolute atomic E-state index is 0.174. The van der Waals surface area contributed by atoms with Crippen LogP contribution in [0.5, 0.6) is 0 Å². The molecule has 13 heavy (non-hydrogen) atoms. The summed E-state index contributed by atoms with van der Waals surface area (Å²) in [6.45, 7) is 0. The van der Waals surface area contributed by atoms with Crippen LogP contribution in [0.1, 0.15) is 10.4 Å². The van der Waals surface area contributed by atoms with Crippen molar-refractivity contribution >= 4 is 21.7 Å². The Morgan fingerprint density at radius 2 is 1.92 bits per heavy atom. The predicted molar refractivity (Wildman–Crippen MR) is 44.4 cm³/mol. The minimum atomic E-state index is -1.36. The molecular formula is C8H4BrF3O. The van der Waals surface area contributed by atoms with Crippen LogP contribution in [-0.4, -0.2) is 11.1 Å². The summed E-state index contributed by atoms with van der Waals surface area (Å²) < 4.78 is 37.9. The molecule has 0 bridgehead atoms. The van der Waals surface area contributed by atoms with Crippen molar-refractivity contribution in [3.63, 3.8) is 0 Å². The summed E-state index contributed by atoms with van der Waals surface area (Å²) in [5.74, 6) is -4.34. The van der Waals surface area contributed by atoms with Gasteiger partial charge in [0.05, 0.1) is 10.9 Å². The van der Waals surface area contributed by atoms with Gasteiger partial charge in [-0.25, -0.2) is 13.2 Å². The van der Waals surface area contributed by atoms with Gasteiger partial charge in [-0.05, 0) is 6.07 Å². The fraction of sp³-hybridized carbons (Fsp3) is 0.125. The van der Waals surface area contributed by atoms with Crippen LogP contribution in [0.25, 0.3) is 0 Å². The summed E-state index contributed by atoms with van der Waals surface area (Å²) in [7, 11) is 0. The maximum atomic E-state index is 12.8. The highest BCUT2D eigenvalue weighted by Crippen LogP contribution is 2.15. The fourth-order valence-corrected chi connectivity index (χ4v) is 1.13. The molecule has 1 rings (SSSR count). The van der Waals surface area contributed by atoms with Gasteiger partial charge in [0.2, 0.25) is 0 Å².